The predicted molar refractivity (Wildman–Crippen MR) is 113 cm³/mol. The molecule has 0 atom stereocenters. The average molecular weight is 423 g/mol. The van der Waals surface area contributed by atoms with Crippen LogP contribution < -0.4 is 5.32 Å². The van der Waals surface area contributed by atoms with E-state index in [0.717, 1.165) is 36.9 Å². The Labute approximate surface area is 180 Å². The highest BCUT2D eigenvalue weighted by Gasteiger charge is 2.27. The van der Waals surface area contributed by atoms with E-state index in [0.29, 0.717) is 16.9 Å². The van der Waals surface area contributed by atoms with Crippen molar-refractivity contribution in [3.63, 3.8) is 0 Å². The van der Waals surface area contributed by atoms with Gasteiger partial charge in [0.25, 0.3) is 5.91 Å². The van der Waals surface area contributed by atoms with Crippen LogP contribution in [0.3, 0.4) is 0 Å². The van der Waals surface area contributed by atoms with Gasteiger partial charge in [-0.2, -0.15) is 5.26 Å². The molecular weight excluding hydrogens is 398 g/mol. The fourth-order valence-corrected chi connectivity index (χ4v) is 3.95. The number of nitrogens with zero attached hydrogens (tertiary/aromatic N) is 2. The average Bonchev–Trinajstić information content (AvgIpc) is 3.38. The molecule has 0 saturated heterocycles. The van der Waals surface area contributed by atoms with E-state index in [1.807, 2.05) is 18.4 Å². The maximum Gasteiger partial charge on any atom is 0.338 e. The van der Waals surface area contributed by atoms with Gasteiger partial charge >= 0.3 is 11.9 Å². The number of hydrogen-bond donors (Lipinski definition) is 1. The maximum absolute atomic E-state index is 12.5. The standard InChI is InChI=1S/C23H25N3O5/c1-14-15(2)26(18-6-4-5-7-18)21(19(14)12-24)25-20(27)13-31-23(29)17-10-8-16(9-11-17)22(28)30-3/h8-11,18H,4-7,13H2,1-3H3,(H,25,27). The van der Waals surface area contributed by atoms with Gasteiger partial charge in [0, 0.05) is 11.7 Å². The normalized spacial score (nSPS) is 13.5. The Kier molecular flexibility index (Phi) is 6.75. The van der Waals surface area contributed by atoms with Gasteiger partial charge in [-0.15, -0.1) is 0 Å². The van der Waals surface area contributed by atoms with Gasteiger partial charge in [0.1, 0.15) is 11.9 Å². The van der Waals surface area contributed by atoms with Crippen molar-refractivity contribution >= 4 is 23.7 Å². The smallest absolute Gasteiger partial charge is 0.338 e. The van der Waals surface area contributed by atoms with Crippen LogP contribution in [0, 0.1) is 25.2 Å². The summed E-state index contributed by atoms with van der Waals surface area (Å²) >= 11 is 0. The second kappa shape index (κ2) is 9.47. The minimum atomic E-state index is -0.689. The van der Waals surface area contributed by atoms with Gasteiger partial charge in [0.2, 0.25) is 0 Å². The van der Waals surface area contributed by atoms with E-state index >= 15 is 0 Å². The van der Waals surface area contributed by atoms with E-state index in [4.69, 9.17) is 4.74 Å². The third-order valence-electron chi connectivity index (χ3n) is 5.69. The fraction of sp³-hybridized carbons (Fsp3) is 0.391. The van der Waals surface area contributed by atoms with Crippen LogP contribution >= 0.6 is 0 Å². The van der Waals surface area contributed by atoms with E-state index in [9.17, 15) is 19.6 Å². The first-order valence-electron chi connectivity index (χ1n) is 10.1. The lowest BCUT2D eigenvalue weighted by molar-refractivity contribution is -0.119. The largest absolute Gasteiger partial charge is 0.465 e. The topological polar surface area (TPSA) is 110 Å². The molecule has 1 aliphatic rings. The number of methoxy groups -OCH3 is 1. The highest BCUT2D eigenvalue weighted by Crippen LogP contribution is 2.37. The summed E-state index contributed by atoms with van der Waals surface area (Å²) in [5, 5.41) is 12.4. The van der Waals surface area contributed by atoms with Gasteiger partial charge in [-0.25, -0.2) is 9.59 Å². The fourth-order valence-electron chi connectivity index (χ4n) is 3.95. The van der Waals surface area contributed by atoms with Gasteiger partial charge in [0.05, 0.1) is 23.8 Å². The lowest BCUT2D eigenvalue weighted by atomic mass is 10.1. The van der Waals surface area contributed by atoms with Crippen molar-refractivity contribution in [3.05, 3.63) is 52.2 Å². The minimum Gasteiger partial charge on any atom is -0.465 e. The summed E-state index contributed by atoms with van der Waals surface area (Å²) in [6, 6.07) is 8.18. The molecule has 8 heteroatoms. The molecule has 2 aromatic rings. The Morgan fingerprint density at radius 2 is 1.68 bits per heavy atom. The Morgan fingerprint density at radius 1 is 1.10 bits per heavy atom. The van der Waals surface area contributed by atoms with Crippen LogP contribution in [0.15, 0.2) is 24.3 Å². The van der Waals surface area contributed by atoms with Crippen molar-refractivity contribution in [2.45, 2.75) is 45.6 Å². The number of benzene rings is 1. The van der Waals surface area contributed by atoms with Crippen LogP contribution in [-0.2, 0) is 14.3 Å². The van der Waals surface area contributed by atoms with Gasteiger partial charge in [-0.1, -0.05) is 12.8 Å². The molecule has 1 fully saturated rings. The van der Waals surface area contributed by atoms with Crippen LogP contribution in [0.2, 0.25) is 0 Å². The zero-order valence-corrected chi connectivity index (χ0v) is 17.9. The van der Waals surface area contributed by atoms with Crippen molar-refractivity contribution < 1.29 is 23.9 Å². The molecule has 0 aliphatic heterocycles. The lowest BCUT2D eigenvalue weighted by Gasteiger charge is -2.19. The SMILES string of the molecule is COC(=O)c1ccc(C(=O)OCC(=O)Nc2c(C#N)c(C)c(C)n2C2CCCC2)cc1. The van der Waals surface area contributed by atoms with E-state index in [2.05, 4.69) is 16.1 Å². The second-order valence-corrected chi connectivity index (χ2v) is 7.55. The highest BCUT2D eigenvalue weighted by molar-refractivity contribution is 5.97. The Morgan fingerprint density at radius 3 is 2.23 bits per heavy atom. The first kappa shape index (κ1) is 22.1. The number of aromatic nitrogens is 1. The second-order valence-electron chi connectivity index (χ2n) is 7.55. The highest BCUT2D eigenvalue weighted by atomic mass is 16.5. The molecule has 1 N–H and O–H groups in total. The van der Waals surface area contributed by atoms with Crippen LogP contribution in [-0.4, -0.2) is 36.1 Å². The van der Waals surface area contributed by atoms with Crippen molar-refractivity contribution in [2.75, 3.05) is 19.0 Å². The van der Waals surface area contributed by atoms with E-state index in [-0.39, 0.29) is 11.6 Å². The summed E-state index contributed by atoms with van der Waals surface area (Å²) < 4.78 is 11.8. The molecule has 0 unspecified atom stereocenters. The third kappa shape index (κ3) is 4.61. The van der Waals surface area contributed by atoms with E-state index in [1.54, 1.807) is 0 Å². The molecule has 1 aromatic heterocycles. The monoisotopic (exact) mass is 423 g/mol. The van der Waals surface area contributed by atoms with E-state index < -0.39 is 24.5 Å². The number of anilines is 1. The van der Waals surface area contributed by atoms with Gasteiger partial charge < -0.3 is 19.4 Å². The number of carbonyl (C=O) groups is 3. The summed E-state index contributed by atoms with van der Waals surface area (Å²) in [5.74, 6) is -1.25. The predicted octanol–water partition coefficient (Wildman–Crippen LogP) is 3.67. The molecule has 0 spiro atoms. The Hall–Kier alpha value is -3.60. The van der Waals surface area contributed by atoms with Gasteiger partial charge in [-0.3, -0.25) is 4.79 Å². The summed E-state index contributed by atoms with van der Waals surface area (Å²) in [6.07, 6.45) is 4.23. The maximum atomic E-state index is 12.5. The first-order chi connectivity index (χ1) is 14.9. The summed E-state index contributed by atoms with van der Waals surface area (Å²) in [7, 11) is 1.27. The Balaban J connectivity index is 1.68. The van der Waals surface area contributed by atoms with Gasteiger partial charge in [0.15, 0.2) is 6.61 Å². The van der Waals surface area contributed by atoms with Crippen LogP contribution in [0.25, 0.3) is 0 Å². The van der Waals surface area contributed by atoms with Gasteiger partial charge in [-0.05, 0) is 56.5 Å². The molecule has 31 heavy (non-hydrogen) atoms. The van der Waals surface area contributed by atoms with Crippen molar-refractivity contribution in [1.29, 1.82) is 5.26 Å². The lowest BCUT2D eigenvalue weighted by Crippen LogP contribution is -2.24. The molecule has 1 aromatic carbocycles. The number of hydrogen-bond acceptors (Lipinski definition) is 6. The zero-order chi connectivity index (χ0) is 22.5. The van der Waals surface area contributed by atoms with Crippen LogP contribution in [0.5, 0.6) is 0 Å². The zero-order valence-electron chi connectivity index (χ0n) is 17.9. The Bertz CT molecular complexity index is 1040. The molecule has 3 rings (SSSR count). The molecule has 0 bridgehead atoms. The molecule has 162 valence electrons. The molecular formula is C23H25N3O5. The molecule has 0 radical (unpaired) electrons. The summed E-state index contributed by atoms with van der Waals surface area (Å²) in [4.78, 5) is 36.2. The third-order valence-corrected chi connectivity index (χ3v) is 5.69. The minimum absolute atomic E-state index is 0.208. The molecule has 8 nitrogen and oxygen atoms in total. The quantitative estimate of drug-likeness (QED) is 0.710. The van der Waals surface area contributed by atoms with E-state index in [1.165, 1.54) is 31.4 Å². The van der Waals surface area contributed by atoms with Crippen molar-refractivity contribution in [1.82, 2.24) is 4.57 Å². The molecule has 1 heterocycles. The number of carbonyl (C=O) groups excluding carboxylic acids is 3. The number of esters is 2. The van der Waals surface area contributed by atoms with Crippen LogP contribution in [0.1, 0.15) is 69.3 Å². The van der Waals surface area contributed by atoms with Crippen LogP contribution in [0.4, 0.5) is 5.82 Å². The number of ether oxygens (including phenoxy) is 2. The first-order valence-corrected chi connectivity index (χ1v) is 10.1. The number of nitriles is 1. The number of rotatable bonds is 6. The van der Waals surface area contributed by atoms with Crippen molar-refractivity contribution in [3.8, 4) is 6.07 Å². The molecule has 1 amide bonds. The number of amides is 1. The summed E-state index contributed by atoms with van der Waals surface area (Å²) in [6.45, 7) is 3.32. The molecule has 1 saturated carbocycles. The molecule has 1 aliphatic carbocycles. The van der Waals surface area contributed by atoms with Crippen molar-refractivity contribution in [2.24, 2.45) is 0 Å². The number of nitrogens with one attached hydrogen (secondary N) is 1. The summed E-state index contributed by atoms with van der Waals surface area (Å²) in [5.41, 5.74) is 2.75.